The van der Waals surface area contributed by atoms with Gasteiger partial charge in [0.15, 0.2) is 0 Å². The van der Waals surface area contributed by atoms with Gasteiger partial charge in [0, 0.05) is 30.1 Å². The second-order valence-corrected chi connectivity index (χ2v) is 7.97. The quantitative estimate of drug-likeness (QED) is 0.688. The normalized spacial score (nSPS) is 11.5. The summed E-state index contributed by atoms with van der Waals surface area (Å²) in [5.74, 6) is -0.650. The maximum Gasteiger partial charge on any atom is 0.339 e. The van der Waals surface area contributed by atoms with E-state index >= 15 is 0 Å². The lowest BCUT2D eigenvalue weighted by Gasteiger charge is -2.26. The number of nitrogens with zero attached hydrogens (tertiary/aromatic N) is 1. The Morgan fingerprint density at radius 2 is 1.81 bits per heavy atom. The SMILES string of the molecule is CC(=O)N(Cc1cc(Cl)ccc1OS(=O)(=O)c1ccc(F)cc1)C(C)C. The highest BCUT2D eigenvalue weighted by molar-refractivity contribution is 7.87. The number of hydrogen-bond donors (Lipinski definition) is 0. The molecule has 0 fully saturated rings. The number of benzene rings is 2. The maximum atomic E-state index is 13.0. The lowest BCUT2D eigenvalue weighted by molar-refractivity contribution is -0.131. The standard InChI is InChI=1S/C18H19ClFNO4S/c1-12(2)21(13(3)22)11-14-10-15(19)4-9-18(14)25-26(23,24)17-7-5-16(20)6-8-17/h4-10,12H,11H2,1-3H3. The van der Waals surface area contributed by atoms with Crippen molar-refractivity contribution < 1.29 is 21.8 Å². The molecule has 0 radical (unpaired) electrons. The minimum atomic E-state index is -4.15. The van der Waals surface area contributed by atoms with Crippen LogP contribution in [0.2, 0.25) is 5.02 Å². The summed E-state index contributed by atoms with van der Waals surface area (Å²) in [6, 6.07) is 8.70. The first kappa shape index (κ1) is 20.2. The molecule has 0 unspecified atom stereocenters. The fourth-order valence-electron chi connectivity index (χ4n) is 2.36. The van der Waals surface area contributed by atoms with Crippen LogP contribution < -0.4 is 4.18 Å². The molecule has 0 bridgehead atoms. The summed E-state index contributed by atoms with van der Waals surface area (Å²) in [4.78, 5) is 13.2. The van der Waals surface area contributed by atoms with Gasteiger partial charge in [-0.25, -0.2) is 4.39 Å². The zero-order valence-electron chi connectivity index (χ0n) is 14.6. The van der Waals surface area contributed by atoms with E-state index in [4.69, 9.17) is 15.8 Å². The van der Waals surface area contributed by atoms with Crippen molar-refractivity contribution in [3.63, 3.8) is 0 Å². The average Bonchev–Trinajstić information content (AvgIpc) is 2.54. The van der Waals surface area contributed by atoms with Crippen LogP contribution in [-0.4, -0.2) is 25.3 Å². The Hall–Kier alpha value is -2.12. The van der Waals surface area contributed by atoms with Crippen LogP contribution in [0.15, 0.2) is 47.4 Å². The van der Waals surface area contributed by atoms with Crippen LogP contribution >= 0.6 is 11.6 Å². The monoisotopic (exact) mass is 399 g/mol. The molecule has 0 N–H and O–H groups in total. The van der Waals surface area contributed by atoms with Crippen molar-refractivity contribution in [3.05, 3.63) is 58.9 Å². The summed E-state index contributed by atoms with van der Waals surface area (Å²) >= 11 is 6.01. The highest BCUT2D eigenvalue weighted by Crippen LogP contribution is 2.28. The molecule has 8 heteroatoms. The van der Waals surface area contributed by atoms with E-state index in [0.29, 0.717) is 10.6 Å². The zero-order valence-corrected chi connectivity index (χ0v) is 16.1. The number of rotatable bonds is 6. The van der Waals surface area contributed by atoms with Gasteiger partial charge in [0.2, 0.25) is 5.91 Å². The van der Waals surface area contributed by atoms with Gasteiger partial charge in [0.05, 0.1) is 0 Å². The number of carbonyl (C=O) groups excluding carboxylic acids is 1. The van der Waals surface area contributed by atoms with Crippen LogP contribution in [0.1, 0.15) is 26.3 Å². The molecule has 0 atom stereocenters. The van der Waals surface area contributed by atoms with Crippen LogP contribution in [0.5, 0.6) is 5.75 Å². The molecule has 0 heterocycles. The third-order valence-corrected chi connectivity index (χ3v) is 5.18. The summed E-state index contributed by atoms with van der Waals surface area (Å²) < 4.78 is 43.1. The Kier molecular flexibility index (Phi) is 6.26. The fourth-order valence-corrected chi connectivity index (χ4v) is 3.52. The summed E-state index contributed by atoms with van der Waals surface area (Å²) in [6.45, 7) is 5.27. The van der Waals surface area contributed by atoms with Crippen molar-refractivity contribution >= 4 is 27.6 Å². The zero-order chi connectivity index (χ0) is 19.5. The summed E-state index contributed by atoms with van der Waals surface area (Å²) in [5, 5.41) is 0.388. The molecule has 2 aromatic rings. The van der Waals surface area contributed by atoms with Crippen LogP contribution in [-0.2, 0) is 21.5 Å². The van der Waals surface area contributed by atoms with Crippen molar-refractivity contribution in [2.75, 3.05) is 0 Å². The summed E-state index contributed by atoms with van der Waals surface area (Å²) in [6.07, 6.45) is 0. The first-order chi connectivity index (χ1) is 12.1. The van der Waals surface area contributed by atoms with Crippen LogP contribution in [0, 0.1) is 5.82 Å². The Balaban J connectivity index is 2.37. The van der Waals surface area contributed by atoms with Gasteiger partial charge in [-0.15, -0.1) is 0 Å². The van der Waals surface area contributed by atoms with Crippen molar-refractivity contribution in [2.45, 2.75) is 38.3 Å². The molecule has 5 nitrogen and oxygen atoms in total. The van der Waals surface area contributed by atoms with Gasteiger partial charge >= 0.3 is 10.1 Å². The van der Waals surface area contributed by atoms with Crippen LogP contribution in [0.3, 0.4) is 0 Å². The van der Waals surface area contributed by atoms with E-state index in [1.54, 1.807) is 11.0 Å². The van der Waals surface area contributed by atoms with Gasteiger partial charge in [-0.3, -0.25) is 4.79 Å². The van der Waals surface area contributed by atoms with Gasteiger partial charge in [-0.2, -0.15) is 8.42 Å². The number of halogens is 2. The molecule has 26 heavy (non-hydrogen) atoms. The summed E-state index contributed by atoms with van der Waals surface area (Å²) in [7, 11) is -4.15. The highest BCUT2D eigenvalue weighted by Gasteiger charge is 2.21. The predicted octanol–water partition coefficient (Wildman–Crippen LogP) is 4.00. The molecule has 0 aliphatic carbocycles. The van der Waals surface area contributed by atoms with E-state index < -0.39 is 15.9 Å². The van der Waals surface area contributed by atoms with E-state index in [9.17, 15) is 17.6 Å². The molecule has 0 saturated heterocycles. The van der Waals surface area contributed by atoms with Crippen LogP contribution in [0.25, 0.3) is 0 Å². The number of carbonyl (C=O) groups is 1. The van der Waals surface area contributed by atoms with Crippen molar-refractivity contribution in [1.82, 2.24) is 4.90 Å². The first-order valence-electron chi connectivity index (χ1n) is 7.86. The molecule has 2 aromatic carbocycles. The lowest BCUT2D eigenvalue weighted by atomic mass is 10.1. The first-order valence-corrected chi connectivity index (χ1v) is 9.64. The Labute approximate surface area is 157 Å². The molecular weight excluding hydrogens is 381 g/mol. The Bertz CT molecular complexity index is 898. The van der Waals surface area contributed by atoms with E-state index in [-0.39, 0.29) is 29.1 Å². The van der Waals surface area contributed by atoms with Crippen molar-refractivity contribution in [1.29, 1.82) is 0 Å². The van der Waals surface area contributed by atoms with E-state index in [1.165, 1.54) is 19.1 Å². The maximum absolute atomic E-state index is 13.0. The molecule has 0 aliphatic heterocycles. The smallest absolute Gasteiger partial charge is 0.339 e. The summed E-state index contributed by atoms with van der Waals surface area (Å²) in [5.41, 5.74) is 0.451. The van der Waals surface area contributed by atoms with Crippen LogP contribution in [0.4, 0.5) is 4.39 Å². The number of hydrogen-bond acceptors (Lipinski definition) is 4. The third-order valence-electron chi connectivity index (χ3n) is 3.69. The topological polar surface area (TPSA) is 63.7 Å². The van der Waals surface area contributed by atoms with Gasteiger partial charge < -0.3 is 9.08 Å². The molecule has 2 rings (SSSR count). The molecule has 0 aliphatic rings. The Morgan fingerprint density at radius 3 is 2.35 bits per heavy atom. The van der Waals surface area contributed by atoms with E-state index in [0.717, 1.165) is 24.3 Å². The second-order valence-electron chi connectivity index (χ2n) is 5.98. The van der Waals surface area contributed by atoms with E-state index in [1.807, 2.05) is 13.8 Å². The molecule has 0 aromatic heterocycles. The molecule has 0 saturated carbocycles. The second kappa shape index (κ2) is 8.05. The average molecular weight is 400 g/mol. The highest BCUT2D eigenvalue weighted by atomic mass is 35.5. The lowest BCUT2D eigenvalue weighted by Crippen LogP contribution is -2.34. The van der Waals surface area contributed by atoms with Crippen molar-refractivity contribution in [3.8, 4) is 5.75 Å². The van der Waals surface area contributed by atoms with Gasteiger partial charge in [-0.05, 0) is 56.3 Å². The number of amides is 1. The van der Waals surface area contributed by atoms with Gasteiger partial charge in [-0.1, -0.05) is 11.6 Å². The fraction of sp³-hybridized carbons (Fsp3) is 0.278. The molecular formula is C18H19ClFNO4S. The Morgan fingerprint density at radius 1 is 1.19 bits per heavy atom. The van der Waals surface area contributed by atoms with E-state index in [2.05, 4.69) is 0 Å². The van der Waals surface area contributed by atoms with Crippen molar-refractivity contribution in [2.24, 2.45) is 0 Å². The minimum Gasteiger partial charge on any atom is -0.379 e. The third kappa shape index (κ3) is 4.95. The molecule has 1 amide bonds. The molecule has 140 valence electrons. The predicted molar refractivity (Wildman–Crippen MR) is 97.0 cm³/mol. The molecule has 0 spiro atoms. The van der Waals surface area contributed by atoms with Gasteiger partial charge in [0.1, 0.15) is 16.5 Å². The van der Waals surface area contributed by atoms with Gasteiger partial charge in [0.25, 0.3) is 0 Å². The largest absolute Gasteiger partial charge is 0.379 e. The minimum absolute atomic E-state index is 0.0608.